The summed E-state index contributed by atoms with van der Waals surface area (Å²) >= 11 is 6.13. The molecular formula is C18H20ClN5O. The molecule has 25 heavy (non-hydrogen) atoms. The first-order chi connectivity index (χ1) is 12.2. The van der Waals surface area contributed by atoms with Gasteiger partial charge in [0.2, 0.25) is 5.28 Å². The second-order valence-corrected chi connectivity index (χ2v) is 6.63. The minimum absolute atomic E-state index is 0.0172. The summed E-state index contributed by atoms with van der Waals surface area (Å²) in [6.45, 7) is 3.61. The van der Waals surface area contributed by atoms with Gasteiger partial charge in [0.25, 0.3) is 0 Å². The molecule has 0 bridgehead atoms. The van der Waals surface area contributed by atoms with Crippen molar-refractivity contribution in [3.05, 3.63) is 47.0 Å². The zero-order chi connectivity index (χ0) is 17.2. The van der Waals surface area contributed by atoms with Crippen molar-refractivity contribution in [2.45, 2.75) is 32.4 Å². The molecule has 7 heteroatoms. The fourth-order valence-electron chi connectivity index (χ4n) is 3.08. The van der Waals surface area contributed by atoms with Crippen LogP contribution in [0.1, 0.15) is 30.2 Å². The molecule has 2 aromatic heterocycles. The van der Waals surface area contributed by atoms with Crippen molar-refractivity contribution in [1.82, 2.24) is 19.5 Å². The van der Waals surface area contributed by atoms with E-state index in [0.29, 0.717) is 11.5 Å². The summed E-state index contributed by atoms with van der Waals surface area (Å²) in [5.74, 6) is 0.666. The summed E-state index contributed by atoms with van der Waals surface area (Å²) in [4.78, 5) is 13.1. The van der Waals surface area contributed by atoms with Gasteiger partial charge >= 0.3 is 0 Å². The van der Waals surface area contributed by atoms with Crippen LogP contribution in [0.5, 0.6) is 0 Å². The van der Waals surface area contributed by atoms with Gasteiger partial charge in [-0.05, 0) is 43.4 Å². The molecule has 1 atom stereocenters. The topological polar surface area (TPSA) is 64.9 Å². The predicted molar refractivity (Wildman–Crippen MR) is 97.9 cm³/mol. The second kappa shape index (κ2) is 6.98. The van der Waals surface area contributed by atoms with E-state index < -0.39 is 0 Å². The number of aryl methyl sites for hydroxylation is 1. The standard InChI is InChI=1S/C18H20ClN5O/c1-12-4-6-13(7-5-12)8-9-20-16-15-17(23-18(19)22-16)24(11-21-15)14-3-2-10-25-14/h4-7,11,14H,2-3,8-10H2,1H3,(H,20,22,23)/t14-/m0/s1. The third kappa shape index (κ3) is 3.45. The van der Waals surface area contributed by atoms with E-state index in [2.05, 4.69) is 51.5 Å². The number of nitrogens with zero attached hydrogens (tertiary/aromatic N) is 4. The van der Waals surface area contributed by atoms with Crippen LogP contribution in [0.2, 0.25) is 5.28 Å². The number of benzene rings is 1. The van der Waals surface area contributed by atoms with E-state index in [4.69, 9.17) is 16.3 Å². The van der Waals surface area contributed by atoms with E-state index in [-0.39, 0.29) is 11.5 Å². The molecule has 6 nitrogen and oxygen atoms in total. The second-order valence-electron chi connectivity index (χ2n) is 6.30. The maximum Gasteiger partial charge on any atom is 0.226 e. The molecule has 0 saturated carbocycles. The average molecular weight is 358 g/mol. The van der Waals surface area contributed by atoms with Crippen LogP contribution in [0.3, 0.4) is 0 Å². The Morgan fingerprint density at radius 3 is 2.88 bits per heavy atom. The molecule has 1 aromatic carbocycles. The first kappa shape index (κ1) is 16.3. The van der Waals surface area contributed by atoms with Crippen molar-refractivity contribution in [2.24, 2.45) is 0 Å². The number of hydrogen-bond acceptors (Lipinski definition) is 5. The minimum atomic E-state index is -0.0172. The van der Waals surface area contributed by atoms with Gasteiger partial charge in [-0.1, -0.05) is 29.8 Å². The smallest absolute Gasteiger partial charge is 0.226 e. The van der Waals surface area contributed by atoms with Gasteiger partial charge in [-0.25, -0.2) is 4.98 Å². The molecule has 1 N–H and O–H groups in total. The molecule has 0 radical (unpaired) electrons. The summed E-state index contributed by atoms with van der Waals surface area (Å²) in [5.41, 5.74) is 3.98. The number of anilines is 1. The van der Waals surface area contributed by atoms with Gasteiger partial charge in [0.15, 0.2) is 17.0 Å². The number of aromatic nitrogens is 4. The number of rotatable bonds is 5. The van der Waals surface area contributed by atoms with Crippen molar-refractivity contribution in [3.8, 4) is 0 Å². The lowest BCUT2D eigenvalue weighted by Gasteiger charge is -2.12. The number of hydrogen-bond donors (Lipinski definition) is 1. The lowest BCUT2D eigenvalue weighted by atomic mass is 10.1. The molecule has 1 saturated heterocycles. The van der Waals surface area contributed by atoms with Crippen molar-refractivity contribution in [3.63, 3.8) is 0 Å². The fourth-order valence-corrected chi connectivity index (χ4v) is 3.25. The Morgan fingerprint density at radius 2 is 2.12 bits per heavy atom. The Balaban J connectivity index is 1.53. The van der Waals surface area contributed by atoms with Crippen LogP contribution in [0.4, 0.5) is 5.82 Å². The van der Waals surface area contributed by atoms with Crippen LogP contribution in [0, 0.1) is 6.92 Å². The largest absolute Gasteiger partial charge is 0.368 e. The van der Waals surface area contributed by atoms with Crippen LogP contribution >= 0.6 is 11.6 Å². The molecular weight excluding hydrogens is 338 g/mol. The Kier molecular flexibility index (Phi) is 4.55. The van der Waals surface area contributed by atoms with Crippen molar-refractivity contribution >= 4 is 28.6 Å². The summed E-state index contributed by atoms with van der Waals surface area (Å²) < 4.78 is 7.68. The maximum absolute atomic E-state index is 6.13. The van der Waals surface area contributed by atoms with E-state index in [1.54, 1.807) is 6.33 Å². The van der Waals surface area contributed by atoms with E-state index in [0.717, 1.165) is 37.9 Å². The quantitative estimate of drug-likeness (QED) is 0.704. The number of ether oxygens (including phenoxy) is 1. The predicted octanol–water partition coefficient (Wildman–Crippen LogP) is 3.75. The SMILES string of the molecule is Cc1ccc(CCNc2nc(Cl)nc3c2ncn3[C@@H]2CCCO2)cc1. The Labute approximate surface area is 151 Å². The van der Waals surface area contributed by atoms with Crippen LogP contribution in [-0.4, -0.2) is 32.7 Å². The maximum atomic E-state index is 6.13. The Hall–Kier alpha value is -2.18. The summed E-state index contributed by atoms with van der Waals surface area (Å²) in [7, 11) is 0. The van der Waals surface area contributed by atoms with Gasteiger partial charge in [-0.3, -0.25) is 4.57 Å². The van der Waals surface area contributed by atoms with Gasteiger partial charge in [-0.2, -0.15) is 9.97 Å². The molecule has 0 aliphatic carbocycles. The fraction of sp³-hybridized carbons (Fsp3) is 0.389. The van der Waals surface area contributed by atoms with Gasteiger partial charge in [-0.15, -0.1) is 0 Å². The third-order valence-corrected chi connectivity index (χ3v) is 4.61. The molecule has 3 aromatic rings. The number of imidazole rings is 1. The van der Waals surface area contributed by atoms with Crippen LogP contribution < -0.4 is 5.32 Å². The number of halogens is 1. The highest BCUT2D eigenvalue weighted by atomic mass is 35.5. The molecule has 3 heterocycles. The van der Waals surface area contributed by atoms with Crippen molar-refractivity contribution < 1.29 is 4.74 Å². The highest BCUT2D eigenvalue weighted by Gasteiger charge is 2.22. The molecule has 0 spiro atoms. The highest BCUT2D eigenvalue weighted by Crippen LogP contribution is 2.28. The molecule has 1 aliphatic heterocycles. The third-order valence-electron chi connectivity index (χ3n) is 4.44. The molecule has 0 amide bonds. The lowest BCUT2D eigenvalue weighted by molar-refractivity contribution is 0.0593. The van der Waals surface area contributed by atoms with Crippen molar-refractivity contribution in [2.75, 3.05) is 18.5 Å². The summed E-state index contributed by atoms with van der Waals surface area (Å²) in [5, 5.41) is 3.56. The number of fused-ring (bicyclic) bond motifs is 1. The first-order valence-electron chi connectivity index (χ1n) is 8.52. The average Bonchev–Trinajstić information content (AvgIpc) is 3.25. The van der Waals surface area contributed by atoms with E-state index in [1.165, 1.54) is 11.1 Å². The van der Waals surface area contributed by atoms with Gasteiger partial charge < -0.3 is 10.1 Å². The summed E-state index contributed by atoms with van der Waals surface area (Å²) in [6.07, 6.45) is 4.65. The van der Waals surface area contributed by atoms with Crippen molar-refractivity contribution in [1.29, 1.82) is 0 Å². The monoisotopic (exact) mass is 357 g/mol. The highest BCUT2D eigenvalue weighted by molar-refractivity contribution is 6.28. The van der Waals surface area contributed by atoms with Crippen LogP contribution in [0.25, 0.3) is 11.2 Å². The summed E-state index contributed by atoms with van der Waals surface area (Å²) in [6, 6.07) is 8.54. The van der Waals surface area contributed by atoms with Gasteiger partial charge in [0.05, 0.1) is 6.33 Å². The molecule has 0 unspecified atom stereocenters. The Morgan fingerprint density at radius 1 is 1.28 bits per heavy atom. The molecule has 4 rings (SSSR count). The van der Waals surface area contributed by atoms with E-state index in [1.807, 2.05) is 4.57 Å². The van der Waals surface area contributed by atoms with Crippen LogP contribution in [-0.2, 0) is 11.2 Å². The Bertz CT molecular complexity index is 871. The van der Waals surface area contributed by atoms with E-state index in [9.17, 15) is 0 Å². The van der Waals surface area contributed by atoms with E-state index >= 15 is 0 Å². The zero-order valence-electron chi connectivity index (χ0n) is 14.1. The minimum Gasteiger partial charge on any atom is -0.368 e. The van der Waals surface area contributed by atoms with Gasteiger partial charge in [0.1, 0.15) is 6.23 Å². The normalized spacial score (nSPS) is 17.3. The zero-order valence-corrected chi connectivity index (χ0v) is 14.8. The van der Waals surface area contributed by atoms with Gasteiger partial charge in [0, 0.05) is 13.2 Å². The number of nitrogens with one attached hydrogen (secondary N) is 1. The first-order valence-corrected chi connectivity index (χ1v) is 8.89. The molecule has 1 fully saturated rings. The van der Waals surface area contributed by atoms with Crippen LogP contribution in [0.15, 0.2) is 30.6 Å². The molecule has 1 aliphatic rings. The molecule has 130 valence electrons. The lowest BCUT2D eigenvalue weighted by Crippen LogP contribution is -2.09.